The topological polar surface area (TPSA) is 141 Å². The molecule has 12 heteroatoms. The summed E-state index contributed by atoms with van der Waals surface area (Å²) in [4.78, 5) is 27.0. The van der Waals surface area contributed by atoms with Crippen molar-refractivity contribution in [3.63, 3.8) is 0 Å². The molecule has 0 saturated heterocycles. The maximum atomic E-state index is 13.7. The molecule has 0 fully saturated rings. The van der Waals surface area contributed by atoms with E-state index in [1.54, 1.807) is 17.9 Å². The SMILES string of the molecule is CCO[PH]1(O)N=C(C2=C(O)C(C)(C(C)C)N(CCC(C)(C)C)C2=O)Nc2ccc(NS(C)(=O)=O)cc21. The second kappa shape index (κ2) is 9.59. The van der Waals surface area contributed by atoms with Crippen LogP contribution in [0.2, 0.25) is 0 Å². The minimum absolute atomic E-state index is 0.00900. The van der Waals surface area contributed by atoms with Crippen molar-refractivity contribution in [3.8, 4) is 0 Å². The van der Waals surface area contributed by atoms with Crippen LogP contribution in [0.5, 0.6) is 0 Å². The van der Waals surface area contributed by atoms with E-state index in [1.165, 1.54) is 12.1 Å². The number of sulfonamides is 1. The zero-order chi connectivity index (χ0) is 27.3. The number of aliphatic hydroxyl groups is 1. The second-order valence-corrected chi connectivity index (χ2v) is 15.1. The molecule has 4 N–H and O–H groups in total. The van der Waals surface area contributed by atoms with Crippen molar-refractivity contribution in [2.45, 2.75) is 60.4 Å². The van der Waals surface area contributed by atoms with Gasteiger partial charge in [-0.25, -0.2) is 0 Å². The minimum atomic E-state index is -4.02. The van der Waals surface area contributed by atoms with E-state index in [4.69, 9.17) is 4.52 Å². The van der Waals surface area contributed by atoms with Crippen molar-refractivity contribution in [2.24, 2.45) is 16.1 Å². The molecular weight excluding hydrogens is 503 g/mol. The first-order valence-electron chi connectivity index (χ1n) is 12.0. The van der Waals surface area contributed by atoms with E-state index >= 15 is 0 Å². The summed E-state index contributed by atoms with van der Waals surface area (Å²) in [6.45, 7) is 14.3. The van der Waals surface area contributed by atoms with Gasteiger partial charge in [-0.2, -0.15) is 0 Å². The Morgan fingerprint density at radius 3 is 2.47 bits per heavy atom. The summed E-state index contributed by atoms with van der Waals surface area (Å²) in [6, 6.07) is 4.60. The van der Waals surface area contributed by atoms with Crippen molar-refractivity contribution in [1.82, 2.24) is 4.90 Å². The second-order valence-electron chi connectivity index (χ2n) is 11.1. The van der Waals surface area contributed by atoms with Gasteiger partial charge in [0.05, 0.1) is 0 Å². The summed E-state index contributed by atoms with van der Waals surface area (Å²) >= 11 is 0. The molecule has 0 saturated carbocycles. The molecule has 3 rings (SSSR count). The molecule has 0 aliphatic carbocycles. The van der Waals surface area contributed by atoms with Gasteiger partial charge < -0.3 is 0 Å². The Kier molecular flexibility index (Phi) is 7.56. The van der Waals surface area contributed by atoms with Crippen LogP contribution in [0.1, 0.15) is 54.9 Å². The van der Waals surface area contributed by atoms with E-state index < -0.39 is 23.4 Å². The van der Waals surface area contributed by atoms with Gasteiger partial charge in [0, 0.05) is 0 Å². The molecular formula is C24H39N4O6PS. The molecule has 0 spiro atoms. The molecule has 1 atom stereocenters. The number of nitrogens with one attached hydrogen (secondary N) is 2. The molecule has 1 amide bonds. The molecule has 0 bridgehead atoms. The van der Waals surface area contributed by atoms with E-state index in [1.807, 2.05) is 20.8 Å². The van der Waals surface area contributed by atoms with Crippen LogP contribution in [0, 0.1) is 11.3 Å². The number of amidine groups is 1. The molecule has 2 heterocycles. The Hall–Kier alpha value is -2.20. The zero-order valence-corrected chi connectivity index (χ0v) is 24.1. The third-order valence-corrected chi connectivity index (χ3v) is 9.66. The fourth-order valence-electron chi connectivity index (χ4n) is 4.40. The maximum absolute atomic E-state index is 13.7. The Labute approximate surface area is 214 Å². The first kappa shape index (κ1) is 28.4. The number of benzene rings is 1. The number of nitrogens with zero attached hydrogens (tertiary/aromatic N) is 2. The molecule has 0 aromatic heterocycles. The molecule has 2 aliphatic heterocycles. The average molecular weight is 543 g/mol. The zero-order valence-electron chi connectivity index (χ0n) is 22.3. The van der Waals surface area contributed by atoms with Gasteiger partial charge in [0.2, 0.25) is 0 Å². The third kappa shape index (κ3) is 5.39. The van der Waals surface area contributed by atoms with Crippen LogP contribution in [0.3, 0.4) is 0 Å². The number of aliphatic hydroxyl groups excluding tert-OH is 1. The average Bonchev–Trinajstić information content (AvgIpc) is 2.91. The monoisotopic (exact) mass is 542 g/mol. The van der Waals surface area contributed by atoms with Crippen LogP contribution in [-0.4, -0.2) is 60.0 Å². The van der Waals surface area contributed by atoms with Crippen LogP contribution in [0.25, 0.3) is 0 Å². The quantitative estimate of drug-likeness (QED) is 0.368. The van der Waals surface area contributed by atoms with E-state index in [0.29, 0.717) is 17.5 Å². The summed E-state index contributed by atoms with van der Waals surface area (Å²) in [5.41, 5.74) is -0.280. The number of hydrogen-bond donors (Lipinski definition) is 4. The molecule has 36 heavy (non-hydrogen) atoms. The van der Waals surface area contributed by atoms with Crippen molar-refractivity contribution < 1.29 is 27.7 Å². The van der Waals surface area contributed by atoms with Gasteiger partial charge in [-0.1, -0.05) is 0 Å². The number of carbonyl (C=O) groups is 1. The van der Waals surface area contributed by atoms with Gasteiger partial charge in [0.25, 0.3) is 0 Å². The van der Waals surface area contributed by atoms with Gasteiger partial charge in [-0.15, -0.1) is 0 Å². The number of hydrogen-bond acceptors (Lipinski definition) is 8. The Morgan fingerprint density at radius 1 is 1.31 bits per heavy atom. The Bertz CT molecular complexity index is 1220. The van der Waals surface area contributed by atoms with Crippen molar-refractivity contribution in [2.75, 3.05) is 29.4 Å². The van der Waals surface area contributed by atoms with E-state index in [2.05, 4.69) is 35.6 Å². The number of anilines is 2. The van der Waals surface area contributed by atoms with Gasteiger partial charge in [0.15, 0.2) is 0 Å². The van der Waals surface area contributed by atoms with Crippen LogP contribution in [0.4, 0.5) is 11.4 Å². The van der Waals surface area contributed by atoms with E-state index in [9.17, 15) is 23.2 Å². The summed E-state index contributed by atoms with van der Waals surface area (Å²) < 4.78 is 36.0. The normalized spacial score (nSPS) is 22.9. The summed E-state index contributed by atoms with van der Waals surface area (Å²) in [7, 11) is -7.56. The summed E-state index contributed by atoms with van der Waals surface area (Å²) in [5, 5.41) is 14.8. The molecule has 1 unspecified atom stereocenters. The van der Waals surface area contributed by atoms with Crippen LogP contribution in [-0.2, 0) is 19.3 Å². The number of fused-ring (bicyclic) bond motifs is 1. The van der Waals surface area contributed by atoms with Gasteiger partial charge in [0.1, 0.15) is 0 Å². The van der Waals surface area contributed by atoms with Gasteiger partial charge in [-0.3, -0.25) is 0 Å². The number of amides is 1. The molecule has 0 radical (unpaired) electrons. The van der Waals surface area contributed by atoms with Gasteiger partial charge in [-0.05, 0) is 0 Å². The fraction of sp³-hybridized carbons (Fsp3) is 0.583. The predicted octanol–water partition coefficient (Wildman–Crippen LogP) is 3.54. The molecule has 10 nitrogen and oxygen atoms in total. The fourth-order valence-corrected chi connectivity index (χ4v) is 7.01. The molecule has 202 valence electrons. The van der Waals surface area contributed by atoms with Crippen molar-refractivity contribution >= 4 is 46.3 Å². The Balaban J connectivity index is 2.11. The van der Waals surface area contributed by atoms with Crippen molar-refractivity contribution in [1.29, 1.82) is 0 Å². The first-order valence-corrected chi connectivity index (χ1v) is 15.7. The summed E-state index contributed by atoms with van der Waals surface area (Å²) in [6.07, 6.45) is 1.77. The van der Waals surface area contributed by atoms with Gasteiger partial charge >= 0.3 is 214 Å². The van der Waals surface area contributed by atoms with E-state index in [0.717, 1.165) is 12.7 Å². The molecule has 2 aliphatic rings. The number of rotatable bonds is 8. The Morgan fingerprint density at radius 2 is 1.94 bits per heavy atom. The predicted molar refractivity (Wildman–Crippen MR) is 146 cm³/mol. The van der Waals surface area contributed by atoms with Crippen molar-refractivity contribution in [3.05, 3.63) is 29.5 Å². The third-order valence-electron chi connectivity index (χ3n) is 6.72. The number of carbonyl (C=O) groups excluding carboxylic acids is 1. The molecule has 1 aromatic carbocycles. The standard InChI is InChI=1S/C24H39N4O6PS/c1-9-34-35(31)18-14-16(27-36(8,32)33)10-11-17(18)25-21(26-35)19-20(29)24(7,15(2)3)28(22(19)30)13-12-23(4,5)6/h10-11,14-15,27,29,31,35H,9,12-13H2,1-8H3,(H,25,26). The van der Waals surface area contributed by atoms with Crippen LogP contribution in [0.15, 0.2) is 34.3 Å². The molecule has 1 aromatic rings. The summed E-state index contributed by atoms with van der Waals surface area (Å²) in [5.74, 6) is -0.523. The van der Waals surface area contributed by atoms with Crippen LogP contribution < -0.4 is 15.3 Å². The van der Waals surface area contributed by atoms with Crippen LogP contribution >= 0.6 is 7.87 Å². The first-order chi connectivity index (χ1) is 16.4. The van der Waals surface area contributed by atoms with E-state index in [-0.39, 0.29) is 46.7 Å².